The van der Waals surface area contributed by atoms with Gasteiger partial charge in [-0.15, -0.1) is 0 Å². The van der Waals surface area contributed by atoms with Crippen molar-refractivity contribution in [3.8, 4) is 0 Å². The minimum absolute atomic E-state index is 0.344. The van der Waals surface area contributed by atoms with Gasteiger partial charge in [0.2, 0.25) is 0 Å². The van der Waals surface area contributed by atoms with Gasteiger partial charge in [0.05, 0.1) is 6.10 Å². The minimum Gasteiger partial charge on any atom is -0.377 e. The Balaban J connectivity index is 1.55. The average Bonchev–Trinajstić information content (AvgIpc) is 2.82. The first kappa shape index (κ1) is 12.3. The zero-order valence-electron chi connectivity index (χ0n) is 11.1. The fourth-order valence-electron chi connectivity index (χ4n) is 3.97. The maximum Gasteiger partial charge on any atom is 0.0684 e. The van der Waals surface area contributed by atoms with E-state index in [0.29, 0.717) is 17.6 Å². The summed E-state index contributed by atoms with van der Waals surface area (Å²) in [5, 5.41) is 3.86. The highest BCUT2D eigenvalue weighted by Crippen LogP contribution is 2.51. The van der Waals surface area contributed by atoms with Crippen LogP contribution in [0.25, 0.3) is 0 Å². The molecule has 0 bridgehead atoms. The van der Waals surface area contributed by atoms with Crippen molar-refractivity contribution in [2.24, 2.45) is 17.3 Å². The highest BCUT2D eigenvalue weighted by atomic mass is 32.2. The Morgan fingerprint density at radius 2 is 2.24 bits per heavy atom. The van der Waals surface area contributed by atoms with E-state index >= 15 is 0 Å². The summed E-state index contributed by atoms with van der Waals surface area (Å²) in [4.78, 5) is 0. The zero-order chi connectivity index (χ0) is 11.9. The molecular formula is C14H25NOS. The number of thioether (sulfide) groups is 1. The fourth-order valence-corrected chi connectivity index (χ4v) is 5.26. The van der Waals surface area contributed by atoms with Crippen molar-refractivity contribution in [3.05, 3.63) is 0 Å². The maximum absolute atomic E-state index is 5.95. The van der Waals surface area contributed by atoms with Crippen molar-refractivity contribution in [2.75, 3.05) is 24.7 Å². The van der Waals surface area contributed by atoms with Crippen LogP contribution in [0.1, 0.15) is 33.1 Å². The molecule has 3 heteroatoms. The van der Waals surface area contributed by atoms with Crippen LogP contribution in [0.2, 0.25) is 0 Å². The molecule has 98 valence electrons. The van der Waals surface area contributed by atoms with Gasteiger partial charge in [-0.25, -0.2) is 0 Å². The number of rotatable bonds is 3. The lowest BCUT2D eigenvalue weighted by atomic mass is 9.55. The fraction of sp³-hybridized carbons (Fsp3) is 1.00. The normalized spacial score (nSPS) is 44.1. The Bertz CT molecular complexity index is 275. The summed E-state index contributed by atoms with van der Waals surface area (Å²) in [5.74, 6) is 4.44. The van der Waals surface area contributed by atoms with Gasteiger partial charge in [0.1, 0.15) is 0 Å². The molecule has 4 atom stereocenters. The van der Waals surface area contributed by atoms with E-state index in [1.54, 1.807) is 0 Å². The van der Waals surface area contributed by atoms with E-state index in [4.69, 9.17) is 4.74 Å². The molecule has 2 aliphatic heterocycles. The molecule has 0 spiro atoms. The third-order valence-electron chi connectivity index (χ3n) is 4.98. The standard InChI is InChI=1S/C14H25NOS/c1-14(2)12(11-4-3-6-16-13(11)14)15-8-10-5-7-17-9-10/h10-13,15H,3-9H2,1-2H3. The molecule has 2 nitrogen and oxygen atoms in total. The largest absolute Gasteiger partial charge is 0.377 e. The van der Waals surface area contributed by atoms with Crippen LogP contribution in [0.3, 0.4) is 0 Å². The van der Waals surface area contributed by atoms with E-state index < -0.39 is 0 Å². The molecule has 0 amide bonds. The number of hydrogen-bond acceptors (Lipinski definition) is 3. The summed E-state index contributed by atoms with van der Waals surface area (Å²) in [6, 6.07) is 0.693. The third kappa shape index (κ3) is 2.15. The Morgan fingerprint density at radius 3 is 3.00 bits per heavy atom. The average molecular weight is 255 g/mol. The first-order valence-corrected chi connectivity index (χ1v) is 8.28. The van der Waals surface area contributed by atoms with E-state index in [2.05, 4.69) is 30.9 Å². The van der Waals surface area contributed by atoms with E-state index in [0.717, 1.165) is 18.4 Å². The predicted molar refractivity (Wildman–Crippen MR) is 73.5 cm³/mol. The Morgan fingerprint density at radius 1 is 1.35 bits per heavy atom. The first-order chi connectivity index (χ1) is 8.19. The summed E-state index contributed by atoms with van der Waals surface area (Å²) < 4.78 is 5.95. The second-order valence-corrected chi connectivity index (χ2v) is 7.68. The molecule has 0 radical (unpaired) electrons. The van der Waals surface area contributed by atoms with Gasteiger partial charge in [-0.05, 0) is 43.2 Å². The second-order valence-electron chi connectivity index (χ2n) is 6.53. The van der Waals surface area contributed by atoms with Crippen molar-refractivity contribution in [3.63, 3.8) is 0 Å². The van der Waals surface area contributed by atoms with Crippen LogP contribution < -0.4 is 5.32 Å². The molecule has 1 aliphatic carbocycles. The molecule has 4 unspecified atom stereocenters. The highest BCUT2D eigenvalue weighted by Gasteiger charge is 2.57. The molecule has 3 rings (SSSR count). The molecule has 3 fully saturated rings. The van der Waals surface area contributed by atoms with Gasteiger partial charge in [0, 0.05) is 24.0 Å². The van der Waals surface area contributed by atoms with Crippen molar-refractivity contribution in [1.82, 2.24) is 5.32 Å². The quantitative estimate of drug-likeness (QED) is 0.837. The SMILES string of the molecule is CC1(C)C(NCC2CCSC2)C2CCCOC21. The predicted octanol–water partition coefficient (Wildman–Crippen LogP) is 2.53. The molecular weight excluding hydrogens is 230 g/mol. The van der Waals surface area contributed by atoms with Gasteiger partial charge in [-0.3, -0.25) is 0 Å². The van der Waals surface area contributed by atoms with E-state index in [1.807, 2.05) is 0 Å². The maximum atomic E-state index is 5.95. The molecule has 1 N–H and O–H groups in total. The molecule has 17 heavy (non-hydrogen) atoms. The Kier molecular flexibility index (Phi) is 3.44. The van der Waals surface area contributed by atoms with Gasteiger partial charge < -0.3 is 10.1 Å². The van der Waals surface area contributed by atoms with Crippen LogP contribution in [0.15, 0.2) is 0 Å². The van der Waals surface area contributed by atoms with Gasteiger partial charge >= 0.3 is 0 Å². The molecule has 0 aromatic rings. The minimum atomic E-state index is 0.344. The van der Waals surface area contributed by atoms with Gasteiger partial charge in [0.25, 0.3) is 0 Å². The van der Waals surface area contributed by atoms with Crippen molar-refractivity contribution >= 4 is 11.8 Å². The Hall–Kier alpha value is 0.270. The van der Waals surface area contributed by atoms with Crippen molar-refractivity contribution in [1.29, 1.82) is 0 Å². The lowest BCUT2D eigenvalue weighted by molar-refractivity contribution is -0.192. The first-order valence-electron chi connectivity index (χ1n) is 7.12. The summed E-state index contributed by atoms with van der Waals surface area (Å²) in [6.45, 7) is 6.96. The van der Waals surface area contributed by atoms with Crippen molar-refractivity contribution in [2.45, 2.75) is 45.3 Å². The number of ether oxygens (including phenoxy) is 1. The molecule has 0 aromatic heterocycles. The molecule has 0 aromatic carbocycles. The van der Waals surface area contributed by atoms with Gasteiger partial charge in [-0.1, -0.05) is 13.8 Å². The van der Waals surface area contributed by atoms with Crippen LogP contribution in [-0.2, 0) is 4.74 Å². The lowest BCUT2D eigenvalue weighted by Gasteiger charge is -2.60. The Labute approximate surface area is 109 Å². The zero-order valence-corrected chi connectivity index (χ0v) is 11.9. The molecule has 3 aliphatic rings. The molecule has 2 saturated heterocycles. The van der Waals surface area contributed by atoms with Gasteiger partial charge in [0.15, 0.2) is 0 Å². The van der Waals surface area contributed by atoms with E-state index in [1.165, 1.54) is 37.3 Å². The van der Waals surface area contributed by atoms with Gasteiger partial charge in [-0.2, -0.15) is 11.8 Å². The molecule has 2 heterocycles. The summed E-state index contributed by atoms with van der Waals surface area (Å²) in [6.07, 6.45) is 4.56. The number of nitrogens with one attached hydrogen (secondary N) is 1. The number of hydrogen-bond donors (Lipinski definition) is 1. The monoisotopic (exact) mass is 255 g/mol. The van der Waals surface area contributed by atoms with Crippen LogP contribution in [-0.4, -0.2) is 36.8 Å². The number of fused-ring (bicyclic) bond motifs is 1. The second kappa shape index (κ2) is 4.75. The van der Waals surface area contributed by atoms with Crippen LogP contribution in [0, 0.1) is 17.3 Å². The summed E-state index contributed by atoms with van der Waals surface area (Å²) in [7, 11) is 0. The van der Waals surface area contributed by atoms with Crippen LogP contribution >= 0.6 is 11.8 Å². The third-order valence-corrected chi connectivity index (χ3v) is 6.21. The van der Waals surface area contributed by atoms with E-state index in [9.17, 15) is 0 Å². The topological polar surface area (TPSA) is 21.3 Å². The van der Waals surface area contributed by atoms with Crippen LogP contribution in [0.5, 0.6) is 0 Å². The van der Waals surface area contributed by atoms with Crippen LogP contribution in [0.4, 0.5) is 0 Å². The van der Waals surface area contributed by atoms with E-state index in [-0.39, 0.29) is 0 Å². The van der Waals surface area contributed by atoms with Crippen molar-refractivity contribution < 1.29 is 4.74 Å². The lowest BCUT2D eigenvalue weighted by Crippen LogP contribution is -2.69. The molecule has 1 saturated carbocycles. The summed E-state index contributed by atoms with van der Waals surface area (Å²) in [5.41, 5.74) is 0.344. The summed E-state index contributed by atoms with van der Waals surface area (Å²) >= 11 is 2.12. The highest BCUT2D eigenvalue weighted by molar-refractivity contribution is 7.99. The smallest absolute Gasteiger partial charge is 0.0684 e.